The van der Waals surface area contributed by atoms with Gasteiger partial charge in [-0.25, -0.2) is 0 Å². The van der Waals surface area contributed by atoms with Crippen LogP contribution >= 0.6 is 0 Å². The Balaban J connectivity index is 0.00000225. The lowest BCUT2D eigenvalue weighted by atomic mass is 9.81. The molecule has 1 fully saturated rings. The van der Waals surface area contributed by atoms with E-state index in [0.29, 0.717) is 22.6 Å². The van der Waals surface area contributed by atoms with Gasteiger partial charge in [-0.15, -0.1) is 0 Å². The van der Waals surface area contributed by atoms with E-state index >= 15 is 0 Å². The molecule has 0 saturated carbocycles. The highest BCUT2D eigenvalue weighted by Gasteiger charge is 2.68. The zero-order valence-electron chi connectivity index (χ0n) is 26.2. The number of aliphatic hydroxyl groups is 1. The van der Waals surface area contributed by atoms with Crippen LogP contribution in [-0.4, -0.2) is 80.1 Å². The SMILES string of the molecule is CC(C)CC1C(=O)N2c3ccccc3[C@](O)([C@H]3NC(=O)c4ccccc4N4C(=O)c5ccccc5NC34)C2N1C(=O)CCC(=O)O.O.O. The van der Waals surface area contributed by atoms with E-state index in [1.54, 1.807) is 72.8 Å². The van der Waals surface area contributed by atoms with Gasteiger partial charge in [0.05, 0.1) is 28.9 Å². The molecular formula is C34H37N5O9. The van der Waals surface area contributed by atoms with Gasteiger partial charge >= 0.3 is 5.97 Å². The standard InChI is InChI=1S/C34H33N5O7.2H2O/c1-18(2)17-25-32(45)39-24-14-8-5-11-21(24)34(46,33(39)37(25)26(40)15-16-27(41)42)28-29-35-22-12-6-3-9-19(22)31(44)38(29)23-13-7-4-10-20(23)30(43)36-28;;/h3-14,18,25,28-29,33,35,46H,15-17H2,1-2H3,(H,36,43)(H,41,42);2*1H2/t25?,28-,29?,33?,34-;;/m0../s1. The van der Waals surface area contributed by atoms with Gasteiger partial charge in [0.25, 0.3) is 17.7 Å². The number of aliphatic carboxylic acids is 1. The molecule has 4 aliphatic heterocycles. The molecule has 1 saturated heterocycles. The summed E-state index contributed by atoms with van der Waals surface area (Å²) in [6.45, 7) is 3.82. The Morgan fingerprint density at radius 3 is 2.15 bits per heavy atom. The van der Waals surface area contributed by atoms with Crippen molar-refractivity contribution in [2.45, 2.75) is 63.1 Å². The first-order valence-corrected chi connectivity index (χ1v) is 15.3. The number of carbonyl (C=O) groups is 5. The van der Waals surface area contributed by atoms with Crippen LogP contribution in [0, 0.1) is 5.92 Å². The van der Waals surface area contributed by atoms with Crippen LogP contribution in [0.1, 0.15) is 59.4 Å². The van der Waals surface area contributed by atoms with Crippen LogP contribution in [0.5, 0.6) is 0 Å². The molecule has 0 aliphatic carbocycles. The molecule has 4 amide bonds. The predicted molar refractivity (Wildman–Crippen MR) is 174 cm³/mol. The molecule has 14 nitrogen and oxygen atoms in total. The lowest BCUT2D eigenvalue weighted by Crippen LogP contribution is -2.70. The van der Waals surface area contributed by atoms with E-state index in [2.05, 4.69) is 10.6 Å². The Morgan fingerprint density at radius 1 is 0.833 bits per heavy atom. The van der Waals surface area contributed by atoms with Crippen molar-refractivity contribution in [2.75, 3.05) is 15.1 Å². The number of carboxylic acid groups (broad SMARTS) is 1. The van der Waals surface area contributed by atoms with Gasteiger partial charge in [-0.1, -0.05) is 56.3 Å². The highest BCUT2D eigenvalue weighted by atomic mass is 16.4. The average Bonchev–Trinajstić information content (AvgIpc) is 3.42. The highest BCUT2D eigenvalue weighted by Crippen LogP contribution is 2.53. The van der Waals surface area contributed by atoms with Crippen LogP contribution in [0.4, 0.5) is 17.1 Å². The van der Waals surface area contributed by atoms with Crippen LogP contribution in [0.15, 0.2) is 72.8 Å². The van der Waals surface area contributed by atoms with Gasteiger partial charge in [0.15, 0.2) is 5.60 Å². The number of nitrogens with zero attached hydrogens (tertiary/aromatic N) is 3. The topological polar surface area (TPSA) is 223 Å². The second-order valence-electron chi connectivity index (χ2n) is 12.5. The van der Waals surface area contributed by atoms with Crippen molar-refractivity contribution in [3.8, 4) is 0 Å². The van der Waals surface area contributed by atoms with Crippen molar-refractivity contribution >= 4 is 46.7 Å². The van der Waals surface area contributed by atoms with Crippen molar-refractivity contribution in [2.24, 2.45) is 5.92 Å². The van der Waals surface area contributed by atoms with Crippen molar-refractivity contribution in [3.63, 3.8) is 0 Å². The minimum atomic E-state index is -2.16. The zero-order chi connectivity index (χ0) is 32.5. The summed E-state index contributed by atoms with van der Waals surface area (Å²) >= 11 is 0. The number of anilines is 3. The number of amides is 4. The lowest BCUT2D eigenvalue weighted by Gasteiger charge is -2.48. The zero-order valence-corrected chi connectivity index (χ0v) is 26.2. The number of carbonyl (C=O) groups excluding carboxylic acids is 4. The Bertz CT molecular complexity index is 1810. The summed E-state index contributed by atoms with van der Waals surface area (Å²) in [6.07, 6.45) is -3.00. The van der Waals surface area contributed by atoms with Gasteiger partial charge in [-0.05, 0) is 42.7 Å². The number of fused-ring (bicyclic) bond motifs is 7. The molecule has 48 heavy (non-hydrogen) atoms. The molecule has 3 aromatic carbocycles. The lowest BCUT2D eigenvalue weighted by molar-refractivity contribution is -0.147. The first-order valence-electron chi connectivity index (χ1n) is 15.3. The van der Waals surface area contributed by atoms with Crippen LogP contribution in [0.25, 0.3) is 0 Å². The van der Waals surface area contributed by atoms with E-state index in [1.807, 2.05) is 13.8 Å². The summed E-state index contributed by atoms with van der Waals surface area (Å²) in [7, 11) is 0. The smallest absolute Gasteiger partial charge is 0.303 e. The molecule has 14 heteroatoms. The first-order chi connectivity index (χ1) is 22.0. The van der Waals surface area contributed by atoms with Crippen molar-refractivity contribution < 1.29 is 45.1 Å². The fraction of sp³-hybridized carbons (Fsp3) is 0.324. The molecule has 4 aliphatic rings. The van der Waals surface area contributed by atoms with E-state index in [4.69, 9.17) is 0 Å². The molecule has 0 radical (unpaired) electrons. The Kier molecular flexibility index (Phi) is 8.77. The van der Waals surface area contributed by atoms with Crippen molar-refractivity contribution in [3.05, 3.63) is 89.5 Å². The number of carboxylic acids is 1. The third kappa shape index (κ3) is 4.87. The molecule has 4 heterocycles. The van der Waals surface area contributed by atoms with E-state index in [1.165, 1.54) is 14.7 Å². The minimum absolute atomic E-state index is 0. The summed E-state index contributed by atoms with van der Waals surface area (Å²) in [4.78, 5) is 72.1. The Labute approximate surface area is 275 Å². The molecule has 0 spiro atoms. The third-order valence-corrected chi connectivity index (χ3v) is 9.33. The number of hydrogen-bond donors (Lipinski definition) is 4. The summed E-state index contributed by atoms with van der Waals surface area (Å²) in [5.74, 6) is -3.17. The molecule has 8 N–H and O–H groups in total. The van der Waals surface area contributed by atoms with Gasteiger partial charge in [-0.3, -0.25) is 33.8 Å². The molecular weight excluding hydrogens is 622 g/mol. The van der Waals surface area contributed by atoms with Crippen molar-refractivity contribution in [1.82, 2.24) is 10.2 Å². The second-order valence-corrected chi connectivity index (χ2v) is 12.5. The number of benzene rings is 3. The normalized spacial score (nSPS) is 24.9. The number of nitrogens with one attached hydrogen (secondary N) is 2. The van der Waals surface area contributed by atoms with Gasteiger partial charge in [-0.2, -0.15) is 0 Å². The maximum absolute atomic E-state index is 14.3. The second kappa shape index (κ2) is 12.4. The number of rotatable bonds is 6. The largest absolute Gasteiger partial charge is 0.481 e. The van der Waals surface area contributed by atoms with Crippen LogP contribution in [-0.2, 0) is 20.0 Å². The van der Waals surface area contributed by atoms with Gasteiger partial charge in [0.1, 0.15) is 24.4 Å². The fourth-order valence-corrected chi connectivity index (χ4v) is 7.45. The Morgan fingerprint density at radius 2 is 1.46 bits per heavy atom. The summed E-state index contributed by atoms with van der Waals surface area (Å²) < 4.78 is 0. The maximum Gasteiger partial charge on any atom is 0.303 e. The van der Waals surface area contributed by atoms with E-state index in [-0.39, 0.29) is 34.4 Å². The minimum Gasteiger partial charge on any atom is -0.481 e. The van der Waals surface area contributed by atoms with Crippen LogP contribution in [0.2, 0.25) is 0 Å². The number of para-hydroxylation sites is 3. The molecule has 0 bridgehead atoms. The van der Waals surface area contributed by atoms with Gasteiger partial charge in [0, 0.05) is 17.7 Å². The molecule has 5 atom stereocenters. The van der Waals surface area contributed by atoms with E-state index in [9.17, 15) is 34.2 Å². The summed E-state index contributed by atoms with van der Waals surface area (Å²) in [5.41, 5.74) is -0.0816. The first kappa shape index (κ1) is 34.0. The summed E-state index contributed by atoms with van der Waals surface area (Å²) in [5, 5.41) is 29.1. The van der Waals surface area contributed by atoms with Crippen LogP contribution < -0.4 is 20.4 Å². The average molecular weight is 660 g/mol. The third-order valence-electron chi connectivity index (χ3n) is 9.33. The maximum atomic E-state index is 14.3. The van der Waals surface area contributed by atoms with Gasteiger partial charge < -0.3 is 36.7 Å². The van der Waals surface area contributed by atoms with E-state index in [0.717, 1.165) is 0 Å². The molecule has 3 unspecified atom stereocenters. The van der Waals surface area contributed by atoms with Gasteiger partial charge in [0.2, 0.25) is 5.91 Å². The fourth-order valence-electron chi connectivity index (χ4n) is 7.45. The molecule has 252 valence electrons. The van der Waals surface area contributed by atoms with Crippen LogP contribution in [0.3, 0.4) is 0 Å². The molecule has 7 rings (SSSR count). The molecule has 0 aromatic heterocycles. The highest BCUT2D eigenvalue weighted by molar-refractivity contribution is 6.16. The Hall–Kier alpha value is -5.31. The molecule has 3 aromatic rings. The summed E-state index contributed by atoms with van der Waals surface area (Å²) in [6, 6.07) is 18.0. The quantitative estimate of drug-likeness (QED) is 0.301. The predicted octanol–water partition coefficient (Wildman–Crippen LogP) is 1.23. The number of hydrogen-bond acceptors (Lipinski definition) is 7. The monoisotopic (exact) mass is 659 g/mol. The van der Waals surface area contributed by atoms with Crippen molar-refractivity contribution in [1.29, 1.82) is 0 Å². The van der Waals surface area contributed by atoms with E-state index < -0.39 is 72.5 Å².